The lowest BCUT2D eigenvalue weighted by molar-refractivity contribution is 0.419. The molecule has 0 aromatic carbocycles. The number of nitrogens with one attached hydrogen (secondary N) is 1. The van der Waals surface area contributed by atoms with E-state index in [-0.39, 0.29) is 17.8 Å². The van der Waals surface area contributed by atoms with Gasteiger partial charge in [-0.05, 0) is 19.9 Å². The average molecular weight is 245 g/mol. The number of aromatic nitrogens is 2. The summed E-state index contributed by atoms with van der Waals surface area (Å²) in [4.78, 5) is 0. The monoisotopic (exact) mass is 245 g/mol. The van der Waals surface area contributed by atoms with Gasteiger partial charge in [-0.2, -0.15) is 5.10 Å². The summed E-state index contributed by atoms with van der Waals surface area (Å²) in [6.45, 7) is 4.63. The molecule has 6 heteroatoms. The minimum Gasteiger partial charge on any atom is -0.309 e. The van der Waals surface area contributed by atoms with Crippen LogP contribution in [0.5, 0.6) is 0 Å². The van der Waals surface area contributed by atoms with Crippen molar-refractivity contribution in [3.8, 4) is 0 Å². The highest BCUT2D eigenvalue weighted by Gasteiger charge is 2.13. The summed E-state index contributed by atoms with van der Waals surface area (Å²) in [5.41, 5.74) is 0. The second-order valence-electron chi connectivity index (χ2n) is 4.29. The van der Waals surface area contributed by atoms with Gasteiger partial charge >= 0.3 is 0 Å². The van der Waals surface area contributed by atoms with E-state index in [1.54, 1.807) is 6.20 Å². The van der Waals surface area contributed by atoms with E-state index >= 15 is 0 Å². The van der Waals surface area contributed by atoms with Gasteiger partial charge < -0.3 is 5.32 Å². The lowest BCUT2D eigenvalue weighted by atomic mass is 10.3. The number of rotatable bonds is 6. The Balaban J connectivity index is 2.37. The molecule has 0 bridgehead atoms. The van der Waals surface area contributed by atoms with Crippen LogP contribution in [0.4, 0.5) is 0 Å². The van der Waals surface area contributed by atoms with Gasteiger partial charge in [0.05, 0.1) is 12.3 Å². The highest BCUT2D eigenvalue weighted by molar-refractivity contribution is 7.90. The normalized spacial score (nSPS) is 15.9. The highest BCUT2D eigenvalue weighted by Crippen LogP contribution is 1.95. The van der Waals surface area contributed by atoms with Crippen molar-refractivity contribution in [2.24, 2.45) is 0 Å². The zero-order valence-corrected chi connectivity index (χ0v) is 10.7. The number of sulfone groups is 1. The predicted octanol–water partition coefficient (Wildman–Crippen LogP) is 0.294. The van der Waals surface area contributed by atoms with E-state index in [4.69, 9.17) is 0 Å². The first-order chi connectivity index (χ1) is 7.37. The third-order valence-electron chi connectivity index (χ3n) is 2.14. The van der Waals surface area contributed by atoms with E-state index in [1.807, 2.05) is 30.8 Å². The lowest BCUT2D eigenvalue weighted by Gasteiger charge is -2.19. The van der Waals surface area contributed by atoms with Crippen LogP contribution in [0.2, 0.25) is 0 Å². The van der Waals surface area contributed by atoms with E-state index in [2.05, 4.69) is 10.4 Å². The van der Waals surface area contributed by atoms with E-state index in [9.17, 15) is 8.42 Å². The van der Waals surface area contributed by atoms with Crippen molar-refractivity contribution in [3.63, 3.8) is 0 Å². The van der Waals surface area contributed by atoms with Crippen LogP contribution < -0.4 is 5.32 Å². The van der Waals surface area contributed by atoms with Crippen molar-refractivity contribution in [1.29, 1.82) is 0 Å². The van der Waals surface area contributed by atoms with Crippen LogP contribution in [0.1, 0.15) is 13.8 Å². The molecule has 0 fully saturated rings. The van der Waals surface area contributed by atoms with Gasteiger partial charge in [-0.25, -0.2) is 8.42 Å². The Morgan fingerprint density at radius 1 is 1.38 bits per heavy atom. The summed E-state index contributed by atoms with van der Waals surface area (Å²) in [6.07, 6.45) is 4.87. The van der Waals surface area contributed by atoms with Crippen LogP contribution in [0.25, 0.3) is 0 Å². The minimum atomic E-state index is -2.92. The van der Waals surface area contributed by atoms with Gasteiger partial charge in [0, 0.05) is 30.7 Å². The molecule has 1 heterocycles. The maximum Gasteiger partial charge on any atom is 0.148 e. The summed E-state index contributed by atoms with van der Waals surface area (Å²) >= 11 is 0. The van der Waals surface area contributed by atoms with Crippen molar-refractivity contribution in [2.75, 3.05) is 12.0 Å². The van der Waals surface area contributed by atoms with Crippen LogP contribution >= 0.6 is 0 Å². The van der Waals surface area contributed by atoms with E-state index in [0.717, 1.165) is 6.54 Å². The molecule has 0 aliphatic heterocycles. The molecule has 1 rings (SSSR count). The fourth-order valence-corrected chi connectivity index (χ4v) is 2.73. The molecular formula is C10H19N3O2S. The third kappa shape index (κ3) is 5.27. The maximum absolute atomic E-state index is 11.1. The second kappa shape index (κ2) is 5.45. The molecule has 0 spiro atoms. The molecule has 1 aromatic rings. The molecule has 0 amide bonds. The van der Waals surface area contributed by atoms with Gasteiger partial charge in [0.15, 0.2) is 0 Å². The standard InChI is InChI=1S/C10H19N3O2S/c1-9(7-13-6-4-5-11-13)12-10(2)8-16(3,14)15/h4-6,9-10,12H,7-8H2,1-3H3. The molecule has 16 heavy (non-hydrogen) atoms. The highest BCUT2D eigenvalue weighted by atomic mass is 32.2. The quantitative estimate of drug-likeness (QED) is 0.782. The summed E-state index contributed by atoms with van der Waals surface area (Å²) in [5, 5.41) is 7.33. The fourth-order valence-electron chi connectivity index (χ4n) is 1.73. The Morgan fingerprint density at radius 3 is 2.56 bits per heavy atom. The Bertz CT molecular complexity index is 400. The summed E-state index contributed by atoms with van der Waals surface area (Å²) in [6, 6.07) is 2.02. The second-order valence-corrected chi connectivity index (χ2v) is 6.47. The van der Waals surface area contributed by atoms with Crippen LogP contribution in [0, 0.1) is 0 Å². The fraction of sp³-hybridized carbons (Fsp3) is 0.700. The third-order valence-corrected chi connectivity index (χ3v) is 3.25. The molecule has 1 N–H and O–H groups in total. The number of hydrogen-bond acceptors (Lipinski definition) is 4. The van der Waals surface area contributed by atoms with Crippen molar-refractivity contribution < 1.29 is 8.42 Å². The molecule has 2 atom stereocenters. The first kappa shape index (κ1) is 13.2. The zero-order valence-electron chi connectivity index (χ0n) is 9.92. The molecule has 0 saturated carbocycles. The lowest BCUT2D eigenvalue weighted by Crippen LogP contribution is -2.40. The first-order valence-corrected chi connectivity index (χ1v) is 7.34. The summed E-state index contributed by atoms with van der Waals surface area (Å²) in [7, 11) is -2.92. The van der Waals surface area contributed by atoms with Gasteiger partial charge in [0.1, 0.15) is 9.84 Å². The van der Waals surface area contributed by atoms with Crippen LogP contribution in [-0.4, -0.2) is 42.3 Å². The van der Waals surface area contributed by atoms with Gasteiger partial charge in [0.25, 0.3) is 0 Å². The number of hydrogen-bond donors (Lipinski definition) is 1. The molecule has 2 unspecified atom stereocenters. The van der Waals surface area contributed by atoms with Crippen molar-refractivity contribution in [3.05, 3.63) is 18.5 Å². The Hall–Kier alpha value is -0.880. The molecule has 0 aliphatic carbocycles. The molecule has 0 saturated heterocycles. The SMILES string of the molecule is CC(Cn1cccn1)NC(C)CS(C)(=O)=O. The Kier molecular flexibility index (Phi) is 4.49. The maximum atomic E-state index is 11.1. The smallest absolute Gasteiger partial charge is 0.148 e. The molecule has 0 radical (unpaired) electrons. The van der Waals surface area contributed by atoms with Gasteiger partial charge in [-0.15, -0.1) is 0 Å². The minimum absolute atomic E-state index is 0.0411. The Labute approximate surface area is 96.8 Å². The predicted molar refractivity (Wildman–Crippen MR) is 64.0 cm³/mol. The van der Waals surface area contributed by atoms with Gasteiger partial charge in [0.2, 0.25) is 0 Å². The molecule has 0 aliphatic rings. The zero-order chi connectivity index (χ0) is 12.2. The molecule has 92 valence electrons. The van der Waals surface area contributed by atoms with Crippen molar-refractivity contribution in [1.82, 2.24) is 15.1 Å². The van der Waals surface area contributed by atoms with E-state index < -0.39 is 9.84 Å². The Morgan fingerprint density at radius 2 is 2.06 bits per heavy atom. The van der Waals surface area contributed by atoms with Crippen molar-refractivity contribution >= 4 is 9.84 Å². The number of nitrogens with zero attached hydrogens (tertiary/aromatic N) is 2. The van der Waals surface area contributed by atoms with E-state index in [0.29, 0.717) is 0 Å². The summed E-state index contributed by atoms with van der Waals surface area (Å²) in [5.74, 6) is 0.163. The molecule has 5 nitrogen and oxygen atoms in total. The van der Waals surface area contributed by atoms with Crippen molar-refractivity contribution in [2.45, 2.75) is 32.5 Å². The van der Waals surface area contributed by atoms with Crippen LogP contribution in [0.3, 0.4) is 0 Å². The largest absolute Gasteiger partial charge is 0.309 e. The molecular weight excluding hydrogens is 226 g/mol. The first-order valence-electron chi connectivity index (χ1n) is 5.28. The molecule has 1 aromatic heterocycles. The van der Waals surface area contributed by atoms with E-state index in [1.165, 1.54) is 6.26 Å². The van der Waals surface area contributed by atoms with Gasteiger partial charge in [-0.3, -0.25) is 4.68 Å². The summed E-state index contributed by atoms with van der Waals surface area (Å²) < 4.78 is 24.0. The topological polar surface area (TPSA) is 64.0 Å². The average Bonchev–Trinajstić information content (AvgIpc) is 2.51. The van der Waals surface area contributed by atoms with Gasteiger partial charge in [-0.1, -0.05) is 0 Å². The van der Waals surface area contributed by atoms with Crippen LogP contribution in [-0.2, 0) is 16.4 Å². The van der Waals surface area contributed by atoms with Crippen LogP contribution in [0.15, 0.2) is 18.5 Å².